The van der Waals surface area contributed by atoms with Gasteiger partial charge in [0.25, 0.3) is 0 Å². The maximum Gasteiger partial charge on any atom is 0.227 e. The lowest BCUT2D eigenvalue weighted by Crippen LogP contribution is -2.35. The lowest BCUT2D eigenvalue weighted by Gasteiger charge is -2.22. The van der Waals surface area contributed by atoms with Crippen molar-refractivity contribution in [2.75, 3.05) is 19.6 Å². The minimum absolute atomic E-state index is 0.0829. The van der Waals surface area contributed by atoms with Gasteiger partial charge >= 0.3 is 0 Å². The molecule has 5 nitrogen and oxygen atoms in total. The molecule has 1 aliphatic heterocycles. The zero-order valence-electron chi connectivity index (χ0n) is 12.9. The predicted octanol–water partition coefficient (Wildman–Crippen LogP) is 1.61. The summed E-state index contributed by atoms with van der Waals surface area (Å²) in [5.74, 6) is 0.184. The van der Waals surface area contributed by atoms with Crippen molar-refractivity contribution in [3.05, 3.63) is 48.3 Å². The van der Waals surface area contributed by atoms with Gasteiger partial charge in [0.15, 0.2) is 0 Å². The average Bonchev–Trinajstić information content (AvgIpc) is 3.18. The van der Waals surface area contributed by atoms with Gasteiger partial charge in [0.1, 0.15) is 0 Å². The van der Waals surface area contributed by atoms with Gasteiger partial charge in [-0.05, 0) is 42.1 Å². The van der Waals surface area contributed by atoms with Crippen molar-refractivity contribution in [3.8, 4) is 5.69 Å². The molecule has 3 rings (SSSR count). The number of aromatic nitrogens is 2. The Balaban J connectivity index is 1.63. The summed E-state index contributed by atoms with van der Waals surface area (Å²) < 4.78 is 1.80. The number of carbonyl (C=O) groups excluding carboxylic acids is 1. The lowest BCUT2D eigenvalue weighted by atomic mass is 9.90. The third-order valence-corrected chi connectivity index (χ3v) is 4.46. The zero-order chi connectivity index (χ0) is 15.6. The Hall–Kier alpha value is -2.14. The summed E-state index contributed by atoms with van der Waals surface area (Å²) in [4.78, 5) is 14.3. The number of benzene rings is 1. The smallest absolute Gasteiger partial charge is 0.227 e. The summed E-state index contributed by atoms with van der Waals surface area (Å²) in [5, 5.41) is 4.20. The Morgan fingerprint density at radius 2 is 2.14 bits per heavy atom. The summed E-state index contributed by atoms with van der Waals surface area (Å²) in [5.41, 5.74) is 7.91. The third kappa shape index (κ3) is 3.04. The molecule has 5 heteroatoms. The van der Waals surface area contributed by atoms with Crippen LogP contribution in [0.25, 0.3) is 5.69 Å². The Morgan fingerprint density at radius 1 is 1.36 bits per heavy atom. The maximum atomic E-state index is 12.4. The van der Waals surface area contributed by atoms with Crippen LogP contribution in [0.3, 0.4) is 0 Å². The number of amides is 1. The minimum atomic E-state index is 0.0829. The summed E-state index contributed by atoms with van der Waals surface area (Å²) >= 11 is 0. The van der Waals surface area contributed by atoms with E-state index in [1.165, 1.54) is 0 Å². The normalized spacial score (nSPS) is 21.3. The summed E-state index contributed by atoms with van der Waals surface area (Å²) in [6.45, 7) is 4.38. The monoisotopic (exact) mass is 298 g/mol. The highest BCUT2D eigenvalue weighted by Crippen LogP contribution is 2.28. The molecule has 0 radical (unpaired) electrons. The van der Waals surface area contributed by atoms with E-state index < -0.39 is 0 Å². The molecule has 0 bridgehead atoms. The number of rotatable bonds is 4. The van der Waals surface area contributed by atoms with Gasteiger partial charge in [-0.2, -0.15) is 5.10 Å². The van der Waals surface area contributed by atoms with Crippen LogP contribution in [-0.2, 0) is 11.2 Å². The van der Waals surface area contributed by atoms with Crippen LogP contribution in [0.2, 0.25) is 0 Å². The number of nitrogens with two attached hydrogens (primary N) is 1. The van der Waals surface area contributed by atoms with E-state index in [4.69, 9.17) is 5.73 Å². The first-order valence-corrected chi connectivity index (χ1v) is 7.66. The fourth-order valence-electron chi connectivity index (χ4n) is 2.88. The standard InChI is InChI=1S/C17H22N4O/c1-17(12-18)7-10-20(13-17)16(22)11-14-3-5-15(6-4-14)21-9-2-8-19-21/h2-6,8-9H,7,10-13,18H2,1H3. The first-order valence-electron chi connectivity index (χ1n) is 7.66. The van der Waals surface area contributed by atoms with Crippen LogP contribution in [0, 0.1) is 5.41 Å². The Morgan fingerprint density at radius 3 is 2.73 bits per heavy atom. The van der Waals surface area contributed by atoms with Crippen molar-refractivity contribution < 1.29 is 4.79 Å². The second-order valence-corrected chi connectivity index (χ2v) is 6.37. The van der Waals surface area contributed by atoms with E-state index in [1.54, 1.807) is 10.9 Å². The lowest BCUT2D eigenvalue weighted by molar-refractivity contribution is -0.129. The van der Waals surface area contributed by atoms with Crippen LogP contribution in [0.1, 0.15) is 18.9 Å². The van der Waals surface area contributed by atoms with Gasteiger partial charge in [0.05, 0.1) is 12.1 Å². The number of likely N-dealkylation sites (tertiary alicyclic amines) is 1. The van der Waals surface area contributed by atoms with Gasteiger partial charge < -0.3 is 10.6 Å². The fraction of sp³-hybridized carbons (Fsp3) is 0.412. The van der Waals surface area contributed by atoms with E-state index in [-0.39, 0.29) is 11.3 Å². The molecule has 1 aromatic carbocycles. The van der Waals surface area contributed by atoms with Crippen LogP contribution in [0.4, 0.5) is 0 Å². The Bertz CT molecular complexity index is 635. The van der Waals surface area contributed by atoms with Gasteiger partial charge in [-0.25, -0.2) is 4.68 Å². The molecular formula is C17H22N4O. The van der Waals surface area contributed by atoms with E-state index in [0.717, 1.165) is 30.8 Å². The molecule has 2 heterocycles. The second-order valence-electron chi connectivity index (χ2n) is 6.37. The van der Waals surface area contributed by atoms with Crippen LogP contribution in [0.15, 0.2) is 42.7 Å². The molecule has 1 atom stereocenters. The molecule has 1 aromatic heterocycles. The summed E-state index contributed by atoms with van der Waals surface area (Å²) in [6, 6.07) is 9.85. The predicted molar refractivity (Wildman–Crippen MR) is 85.6 cm³/mol. The van der Waals surface area contributed by atoms with Crippen LogP contribution < -0.4 is 5.73 Å². The Kier molecular flexibility index (Phi) is 3.98. The van der Waals surface area contributed by atoms with Crippen LogP contribution >= 0.6 is 0 Å². The molecule has 2 aromatic rings. The molecule has 1 saturated heterocycles. The molecule has 22 heavy (non-hydrogen) atoms. The Labute approximate surface area is 130 Å². The molecule has 0 aliphatic carbocycles. The van der Waals surface area contributed by atoms with Gasteiger partial charge in [-0.3, -0.25) is 4.79 Å². The van der Waals surface area contributed by atoms with Crippen molar-refractivity contribution in [3.63, 3.8) is 0 Å². The van der Waals surface area contributed by atoms with Crippen molar-refractivity contribution >= 4 is 5.91 Å². The highest BCUT2D eigenvalue weighted by Gasteiger charge is 2.34. The van der Waals surface area contributed by atoms with Crippen molar-refractivity contribution in [2.24, 2.45) is 11.1 Å². The van der Waals surface area contributed by atoms with Crippen molar-refractivity contribution in [1.29, 1.82) is 0 Å². The van der Waals surface area contributed by atoms with E-state index in [2.05, 4.69) is 12.0 Å². The number of nitrogens with zero attached hydrogens (tertiary/aromatic N) is 3. The van der Waals surface area contributed by atoms with Crippen LogP contribution in [0.5, 0.6) is 0 Å². The van der Waals surface area contributed by atoms with Gasteiger partial charge in [-0.1, -0.05) is 19.1 Å². The topological polar surface area (TPSA) is 64.2 Å². The second kappa shape index (κ2) is 5.93. The molecule has 116 valence electrons. The number of carbonyl (C=O) groups is 1. The molecular weight excluding hydrogens is 276 g/mol. The van der Waals surface area contributed by atoms with E-state index in [9.17, 15) is 4.79 Å². The molecule has 1 unspecified atom stereocenters. The first-order chi connectivity index (χ1) is 10.6. The fourth-order valence-corrected chi connectivity index (χ4v) is 2.88. The minimum Gasteiger partial charge on any atom is -0.342 e. The average molecular weight is 298 g/mol. The number of hydrogen-bond donors (Lipinski definition) is 1. The van der Waals surface area contributed by atoms with Crippen LogP contribution in [-0.4, -0.2) is 40.2 Å². The van der Waals surface area contributed by atoms with Crippen molar-refractivity contribution in [2.45, 2.75) is 19.8 Å². The SMILES string of the molecule is CC1(CN)CCN(C(=O)Cc2ccc(-n3cccn3)cc2)C1. The molecule has 0 saturated carbocycles. The zero-order valence-corrected chi connectivity index (χ0v) is 12.9. The maximum absolute atomic E-state index is 12.4. The largest absolute Gasteiger partial charge is 0.342 e. The quantitative estimate of drug-likeness (QED) is 0.932. The molecule has 1 aliphatic rings. The summed E-state index contributed by atoms with van der Waals surface area (Å²) in [7, 11) is 0. The van der Waals surface area contributed by atoms with Gasteiger partial charge in [-0.15, -0.1) is 0 Å². The first kappa shape index (κ1) is 14.8. The van der Waals surface area contributed by atoms with E-state index in [0.29, 0.717) is 13.0 Å². The molecule has 2 N–H and O–H groups in total. The highest BCUT2D eigenvalue weighted by atomic mass is 16.2. The summed E-state index contributed by atoms with van der Waals surface area (Å²) in [6.07, 6.45) is 5.09. The van der Waals surface area contributed by atoms with Gasteiger partial charge in [0.2, 0.25) is 5.91 Å². The molecule has 1 fully saturated rings. The van der Waals surface area contributed by atoms with Gasteiger partial charge in [0, 0.05) is 25.5 Å². The third-order valence-electron chi connectivity index (χ3n) is 4.46. The van der Waals surface area contributed by atoms with E-state index >= 15 is 0 Å². The van der Waals surface area contributed by atoms with Crippen molar-refractivity contribution in [1.82, 2.24) is 14.7 Å². The van der Waals surface area contributed by atoms with E-state index in [1.807, 2.05) is 41.4 Å². The number of hydrogen-bond acceptors (Lipinski definition) is 3. The molecule has 1 amide bonds. The highest BCUT2D eigenvalue weighted by molar-refractivity contribution is 5.79. The molecule has 0 spiro atoms.